The molecule has 1 saturated heterocycles. The minimum Gasteiger partial charge on any atom is -0.446 e. The van der Waals surface area contributed by atoms with Crippen molar-refractivity contribution in [3.05, 3.63) is 65.5 Å². The number of hydrogen-bond donors (Lipinski definition) is 1. The van der Waals surface area contributed by atoms with E-state index >= 15 is 0 Å². The number of rotatable bonds is 2. The lowest BCUT2D eigenvalue weighted by Crippen LogP contribution is -2.54. The van der Waals surface area contributed by atoms with Gasteiger partial charge < -0.3 is 14.8 Å². The molecule has 2 saturated carbocycles. The number of allylic oxidation sites excluding steroid dienone is 1. The summed E-state index contributed by atoms with van der Waals surface area (Å²) in [5.41, 5.74) is 4.01. The van der Waals surface area contributed by atoms with Gasteiger partial charge in [0.25, 0.3) is 0 Å². The van der Waals surface area contributed by atoms with Crippen LogP contribution in [-0.2, 0) is 9.47 Å². The van der Waals surface area contributed by atoms with E-state index in [1.165, 1.54) is 40.3 Å². The zero-order chi connectivity index (χ0) is 23.8. The highest BCUT2D eigenvalue weighted by atomic mass is 16.6. The van der Waals surface area contributed by atoms with Gasteiger partial charge in [0.15, 0.2) is 0 Å². The van der Waals surface area contributed by atoms with E-state index in [0.29, 0.717) is 11.8 Å². The van der Waals surface area contributed by atoms with Gasteiger partial charge in [0.1, 0.15) is 6.10 Å². The van der Waals surface area contributed by atoms with Crippen LogP contribution in [0.3, 0.4) is 0 Å². The van der Waals surface area contributed by atoms with Crippen molar-refractivity contribution in [3.63, 3.8) is 0 Å². The first kappa shape index (κ1) is 21.6. The maximum absolute atomic E-state index is 11.9. The number of aromatic nitrogens is 1. The summed E-state index contributed by atoms with van der Waals surface area (Å²) in [6.45, 7) is 2.51. The predicted octanol–water partition coefficient (Wildman–Crippen LogP) is 6.20. The number of amides is 1. The third-order valence-electron chi connectivity index (χ3n) is 10.2. The third-order valence-corrected chi connectivity index (χ3v) is 10.2. The van der Waals surface area contributed by atoms with E-state index in [0.717, 1.165) is 38.5 Å². The van der Waals surface area contributed by atoms with Crippen LogP contribution in [-0.4, -0.2) is 35.4 Å². The Morgan fingerprint density at radius 2 is 2.09 bits per heavy atom. The number of nitrogens with one attached hydrogen (secondary N) is 1. The van der Waals surface area contributed by atoms with Crippen molar-refractivity contribution in [3.8, 4) is 0 Å². The summed E-state index contributed by atoms with van der Waals surface area (Å²) in [6, 6.07) is 9.07. The topological polar surface area (TPSA) is 60.5 Å². The van der Waals surface area contributed by atoms with Crippen LogP contribution in [0.15, 0.2) is 60.0 Å². The van der Waals surface area contributed by atoms with Crippen LogP contribution in [0, 0.1) is 11.3 Å². The van der Waals surface area contributed by atoms with E-state index in [1.807, 2.05) is 12.4 Å². The molecule has 2 aliphatic heterocycles. The second-order valence-corrected chi connectivity index (χ2v) is 11.7. The predicted molar refractivity (Wildman–Crippen MR) is 135 cm³/mol. The summed E-state index contributed by atoms with van der Waals surface area (Å²) >= 11 is 0. The van der Waals surface area contributed by atoms with Gasteiger partial charge in [-0.15, -0.1) is 0 Å². The van der Waals surface area contributed by atoms with Crippen molar-refractivity contribution < 1.29 is 14.3 Å². The van der Waals surface area contributed by atoms with Gasteiger partial charge in [-0.05, 0) is 96.4 Å². The Morgan fingerprint density at radius 1 is 1.17 bits per heavy atom. The number of alkyl carbamates (subject to hydrolysis) is 1. The van der Waals surface area contributed by atoms with Crippen LogP contribution in [0.2, 0.25) is 0 Å². The molecule has 5 nitrogen and oxygen atoms in total. The van der Waals surface area contributed by atoms with Crippen LogP contribution in [0.5, 0.6) is 0 Å². The quantitative estimate of drug-likeness (QED) is 0.568. The van der Waals surface area contributed by atoms with Gasteiger partial charge in [0.2, 0.25) is 0 Å². The van der Waals surface area contributed by atoms with Crippen LogP contribution in [0.4, 0.5) is 4.79 Å². The van der Waals surface area contributed by atoms with Crippen molar-refractivity contribution in [2.45, 2.75) is 81.5 Å². The molecule has 6 atom stereocenters. The minimum absolute atomic E-state index is 0.0784. The molecule has 1 aromatic heterocycles. The van der Waals surface area contributed by atoms with Gasteiger partial charge in [-0.3, -0.25) is 4.98 Å². The van der Waals surface area contributed by atoms with Gasteiger partial charge in [0, 0.05) is 31.2 Å². The van der Waals surface area contributed by atoms with Gasteiger partial charge >= 0.3 is 6.09 Å². The smallest absolute Gasteiger partial charge is 0.407 e. The molecule has 7 rings (SSSR count). The monoisotopic (exact) mass is 470 g/mol. The van der Waals surface area contributed by atoms with Crippen molar-refractivity contribution >= 4 is 16.9 Å². The summed E-state index contributed by atoms with van der Waals surface area (Å²) in [6.07, 6.45) is 16.7. The molecule has 1 aromatic carbocycles. The molecule has 1 unspecified atom stereocenters. The fourth-order valence-electron chi connectivity index (χ4n) is 8.54. The lowest BCUT2D eigenvalue weighted by molar-refractivity contribution is -0.144. The van der Waals surface area contributed by atoms with E-state index in [1.54, 1.807) is 7.05 Å². The summed E-state index contributed by atoms with van der Waals surface area (Å²) in [5, 5.41) is 5.09. The van der Waals surface area contributed by atoms with Gasteiger partial charge in [0.05, 0.1) is 11.2 Å². The molecule has 3 aliphatic carbocycles. The first-order valence-electron chi connectivity index (χ1n) is 13.3. The molecule has 35 heavy (non-hydrogen) atoms. The normalized spacial score (nSPS) is 39.2. The van der Waals surface area contributed by atoms with E-state index in [-0.39, 0.29) is 28.8 Å². The molecule has 1 amide bonds. The lowest BCUT2D eigenvalue weighted by atomic mass is 9.58. The number of carbonyl (C=O) groups excluding carboxylic acids is 1. The fourth-order valence-corrected chi connectivity index (χ4v) is 8.54. The number of nitrogens with zero attached hydrogens (tertiary/aromatic N) is 1. The molecule has 2 bridgehead atoms. The Labute approximate surface area is 207 Å². The SMILES string of the molecule is CNC(=O)O[C@@H]1CCC2=CC3=CC[C@]4(C)[C@@H](c5ccc6ccncc6c5)CC[C@H]4[C@@]34CCC2(C1)O4. The van der Waals surface area contributed by atoms with Crippen molar-refractivity contribution in [1.82, 2.24) is 10.3 Å². The van der Waals surface area contributed by atoms with Crippen LogP contribution < -0.4 is 5.32 Å². The Morgan fingerprint density at radius 3 is 2.97 bits per heavy atom. The average Bonchev–Trinajstić information content (AvgIpc) is 3.38. The van der Waals surface area contributed by atoms with Crippen LogP contribution in [0.25, 0.3) is 10.8 Å². The Hall–Kier alpha value is -2.66. The number of ether oxygens (including phenoxy) is 2. The summed E-state index contributed by atoms with van der Waals surface area (Å²) in [4.78, 5) is 16.3. The summed E-state index contributed by atoms with van der Waals surface area (Å²) in [5.74, 6) is 1.02. The van der Waals surface area contributed by atoms with E-state index in [9.17, 15) is 4.79 Å². The van der Waals surface area contributed by atoms with E-state index in [2.05, 4.69) is 53.6 Å². The van der Waals surface area contributed by atoms with Crippen LogP contribution >= 0.6 is 0 Å². The van der Waals surface area contributed by atoms with Crippen molar-refractivity contribution in [2.24, 2.45) is 11.3 Å². The van der Waals surface area contributed by atoms with Gasteiger partial charge in [-0.2, -0.15) is 0 Å². The molecule has 2 spiro atoms. The molecule has 5 aliphatic rings. The number of carbonyl (C=O) groups is 1. The lowest BCUT2D eigenvalue weighted by Gasteiger charge is -2.54. The van der Waals surface area contributed by atoms with E-state index in [4.69, 9.17) is 9.47 Å². The second kappa shape index (κ2) is 7.42. The van der Waals surface area contributed by atoms with E-state index < -0.39 is 0 Å². The molecule has 5 heteroatoms. The highest BCUT2D eigenvalue weighted by molar-refractivity contribution is 5.82. The highest BCUT2D eigenvalue weighted by Crippen LogP contribution is 2.69. The zero-order valence-corrected chi connectivity index (χ0v) is 20.7. The van der Waals surface area contributed by atoms with Gasteiger partial charge in [-0.1, -0.05) is 31.2 Å². The maximum atomic E-state index is 11.9. The largest absolute Gasteiger partial charge is 0.446 e. The molecule has 2 aromatic rings. The fraction of sp³-hybridized carbons (Fsp3) is 0.533. The molecular weight excluding hydrogens is 436 g/mol. The zero-order valence-electron chi connectivity index (χ0n) is 20.7. The second-order valence-electron chi connectivity index (χ2n) is 11.7. The summed E-state index contributed by atoms with van der Waals surface area (Å²) < 4.78 is 13.0. The van der Waals surface area contributed by atoms with Crippen molar-refractivity contribution in [1.29, 1.82) is 0 Å². The molecule has 3 heterocycles. The van der Waals surface area contributed by atoms with Crippen LogP contribution in [0.1, 0.15) is 69.8 Å². The minimum atomic E-state index is -0.336. The number of benzene rings is 1. The number of pyridine rings is 1. The first-order valence-corrected chi connectivity index (χ1v) is 13.3. The van der Waals surface area contributed by atoms with Gasteiger partial charge in [-0.25, -0.2) is 4.79 Å². The number of fused-ring (bicyclic) bond motifs is 2. The number of hydrogen-bond acceptors (Lipinski definition) is 4. The molecular formula is C30H34N2O3. The third kappa shape index (κ3) is 2.97. The Balaban J connectivity index is 1.23. The standard InChI is InChI=1S/C30H34N2O3/c1-28-11-9-23-16-22-5-6-24(34-27(33)31-2)17-29(22)12-13-30(23,35-29)26(28)8-7-25(28)20-4-3-19-10-14-32-18-21(19)15-20/h3-4,9-10,14-16,18,24-26H,5-8,11-13,17H2,1-2H3,(H,31,33)/t24-,25-,26-,28-,29?,30-/m1/s1. The molecule has 3 fully saturated rings. The summed E-state index contributed by atoms with van der Waals surface area (Å²) in [7, 11) is 1.62. The molecule has 0 radical (unpaired) electrons. The molecule has 1 N–H and O–H groups in total. The Kier molecular flexibility index (Phi) is 4.58. The maximum Gasteiger partial charge on any atom is 0.407 e. The average molecular weight is 471 g/mol. The van der Waals surface area contributed by atoms with Crippen molar-refractivity contribution in [2.75, 3.05) is 7.05 Å². The highest BCUT2D eigenvalue weighted by Gasteiger charge is 2.66. The first-order chi connectivity index (χ1) is 17.0. The molecule has 182 valence electrons. The Bertz CT molecular complexity index is 1280.